The van der Waals surface area contributed by atoms with Gasteiger partial charge in [0.2, 0.25) is 0 Å². The van der Waals surface area contributed by atoms with E-state index in [-0.39, 0.29) is 24.0 Å². The highest BCUT2D eigenvalue weighted by atomic mass is 19.1. The molecule has 2 N–H and O–H groups in total. The number of rotatable bonds is 4. The quantitative estimate of drug-likeness (QED) is 0.909. The van der Waals surface area contributed by atoms with E-state index < -0.39 is 0 Å². The third kappa shape index (κ3) is 3.32. The molecule has 1 aromatic carbocycles. The van der Waals surface area contributed by atoms with Crippen molar-refractivity contribution in [3.8, 4) is 0 Å². The number of hydrogen-bond acceptors (Lipinski definition) is 3. The maximum atomic E-state index is 14.0. The van der Waals surface area contributed by atoms with Crippen molar-refractivity contribution in [2.24, 2.45) is 5.73 Å². The standard InChI is InChI=1S/C15H23FN2O/c1-3-14(12-6-4-5-7-13(12)16)18-8-9-19-15(10-18)11(2)17/h4-7,11,14-15H,3,8-10,17H2,1-2H3. The first-order valence-electron chi connectivity index (χ1n) is 6.99. The minimum Gasteiger partial charge on any atom is -0.374 e. The second-order valence-electron chi connectivity index (χ2n) is 5.21. The molecule has 4 heteroatoms. The van der Waals surface area contributed by atoms with Gasteiger partial charge in [0.25, 0.3) is 0 Å². The maximum absolute atomic E-state index is 14.0. The highest BCUT2D eigenvalue weighted by Crippen LogP contribution is 2.28. The van der Waals surface area contributed by atoms with Crippen molar-refractivity contribution in [3.05, 3.63) is 35.6 Å². The molecule has 19 heavy (non-hydrogen) atoms. The Morgan fingerprint density at radius 3 is 2.84 bits per heavy atom. The van der Waals surface area contributed by atoms with Crippen LogP contribution < -0.4 is 5.73 Å². The van der Waals surface area contributed by atoms with Gasteiger partial charge in [-0.1, -0.05) is 25.1 Å². The number of nitrogens with zero attached hydrogens (tertiary/aromatic N) is 1. The molecule has 0 amide bonds. The van der Waals surface area contributed by atoms with Crippen molar-refractivity contribution in [1.29, 1.82) is 0 Å². The normalized spacial score (nSPS) is 24.1. The van der Waals surface area contributed by atoms with Gasteiger partial charge in [0.15, 0.2) is 0 Å². The average Bonchev–Trinajstić information content (AvgIpc) is 2.42. The van der Waals surface area contributed by atoms with Crippen molar-refractivity contribution in [2.75, 3.05) is 19.7 Å². The molecule has 1 aliphatic rings. The largest absolute Gasteiger partial charge is 0.374 e. The van der Waals surface area contributed by atoms with Gasteiger partial charge in [-0.15, -0.1) is 0 Å². The van der Waals surface area contributed by atoms with Crippen LogP contribution >= 0.6 is 0 Å². The molecule has 106 valence electrons. The number of ether oxygens (including phenoxy) is 1. The summed E-state index contributed by atoms with van der Waals surface area (Å²) in [5.41, 5.74) is 6.69. The third-order valence-corrected chi connectivity index (χ3v) is 3.80. The molecule has 0 aromatic heterocycles. The molecule has 0 aliphatic carbocycles. The fourth-order valence-electron chi connectivity index (χ4n) is 2.72. The molecule has 1 saturated heterocycles. The molecule has 0 radical (unpaired) electrons. The topological polar surface area (TPSA) is 38.5 Å². The fourth-order valence-corrected chi connectivity index (χ4v) is 2.72. The Bertz CT molecular complexity index is 411. The van der Waals surface area contributed by atoms with E-state index in [0.29, 0.717) is 6.61 Å². The number of halogens is 1. The van der Waals surface area contributed by atoms with Crippen molar-refractivity contribution in [1.82, 2.24) is 4.90 Å². The molecule has 0 spiro atoms. The predicted molar refractivity (Wildman–Crippen MR) is 74.4 cm³/mol. The average molecular weight is 266 g/mol. The van der Waals surface area contributed by atoms with E-state index >= 15 is 0 Å². The van der Waals surface area contributed by atoms with Crippen LogP contribution in [0.4, 0.5) is 4.39 Å². The lowest BCUT2D eigenvalue weighted by molar-refractivity contribution is -0.0530. The number of morpholine rings is 1. The van der Waals surface area contributed by atoms with Gasteiger partial charge in [0, 0.05) is 30.7 Å². The first-order chi connectivity index (χ1) is 9.13. The second-order valence-corrected chi connectivity index (χ2v) is 5.21. The molecule has 1 fully saturated rings. The van der Waals surface area contributed by atoms with Gasteiger partial charge in [-0.05, 0) is 19.4 Å². The Labute approximate surface area is 114 Å². The van der Waals surface area contributed by atoms with Gasteiger partial charge >= 0.3 is 0 Å². The number of benzene rings is 1. The first kappa shape index (κ1) is 14.4. The van der Waals surface area contributed by atoms with E-state index in [2.05, 4.69) is 11.8 Å². The lowest BCUT2D eigenvalue weighted by Gasteiger charge is -2.39. The van der Waals surface area contributed by atoms with E-state index in [1.807, 2.05) is 19.1 Å². The SMILES string of the molecule is CCC(c1ccccc1F)N1CCOC(C(C)N)C1. The zero-order valence-corrected chi connectivity index (χ0v) is 11.7. The van der Waals surface area contributed by atoms with Gasteiger partial charge < -0.3 is 10.5 Å². The van der Waals surface area contributed by atoms with Crippen molar-refractivity contribution in [3.63, 3.8) is 0 Å². The smallest absolute Gasteiger partial charge is 0.127 e. The Hall–Kier alpha value is -0.970. The van der Waals surface area contributed by atoms with Crippen LogP contribution in [-0.2, 0) is 4.74 Å². The summed E-state index contributed by atoms with van der Waals surface area (Å²) < 4.78 is 19.6. The predicted octanol–water partition coefficient (Wildman–Crippen LogP) is 2.32. The summed E-state index contributed by atoms with van der Waals surface area (Å²) in [6.07, 6.45) is 0.918. The lowest BCUT2D eigenvalue weighted by atomic mass is 10.00. The van der Waals surface area contributed by atoms with Crippen molar-refractivity contribution < 1.29 is 9.13 Å². The zero-order chi connectivity index (χ0) is 13.8. The van der Waals surface area contributed by atoms with E-state index in [1.54, 1.807) is 6.07 Å². The van der Waals surface area contributed by atoms with Crippen LogP contribution in [0.2, 0.25) is 0 Å². The van der Waals surface area contributed by atoms with E-state index in [0.717, 1.165) is 25.1 Å². The minimum atomic E-state index is -0.127. The minimum absolute atomic E-state index is 0.000858. The molecule has 1 aromatic rings. The Balaban J connectivity index is 2.16. The summed E-state index contributed by atoms with van der Waals surface area (Å²) in [6, 6.07) is 7.13. The molecule has 0 saturated carbocycles. The molecular weight excluding hydrogens is 243 g/mol. The van der Waals surface area contributed by atoms with E-state index in [1.165, 1.54) is 6.07 Å². The Morgan fingerprint density at radius 1 is 1.47 bits per heavy atom. The summed E-state index contributed by atoms with van der Waals surface area (Å²) in [5, 5.41) is 0. The zero-order valence-electron chi connectivity index (χ0n) is 11.7. The van der Waals surface area contributed by atoms with Crippen LogP contribution in [0.5, 0.6) is 0 Å². The Kier molecular flexibility index (Phi) is 4.91. The monoisotopic (exact) mass is 266 g/mol. The second kappa shape index (κ2) is 6.46. The lowest BCUT2D eigenvalue weighted by Crippen LogP contribution is -2.50. The van der Waals surface area contributed by atoms with E-state index in [4.69, 9.17) is 10.5 Å². The molecule has 1 heterocycles. The van der Waals surface area contributed by atoms with Crippen molar-refractivity contribution >= 4 is 0 Å². The molecule has 3 atom stereocenters. The molecule has 3 unspecified atom stereocenters. The highest BCUT2D eigenvalue weighted by Gasteiger charge is 2.29. The summed E-state index contributed by atoms with van der Waals surface area (Å²) in [7, 11) is 0. The molecule has 0 bridgehead atoms. The van der Waals surface area contributed by atoms with Crippen LogP contribution in [0.15, 0.2) is 24.3 Å². The fraction of sp³-hybridized carbons (Fsp3) is 0.600. The van der Waals surface area contributed by atoms with Crippen LogP contribution in [0.25, 0.3) is 0 Å². The summed E-state index contributed by atoms with van der Waals surface area (Å²) >= 11 is 0. The van der Waals surface area contributed by atoms with Crippen LogP contribution in [-0.4, -0.2) is 36.7 Å². The van der Waals surface area contributed by atoms with Gasteiger partial charge in [0.1, 0.15) is 5.82 Å². The molecular formula is C15H23FN2O. The van der Waals surface area contributed by atoms with Crippen LogP contribution in [0, 0.1) is 5.82 Å². The van der Waals surface area contributed by atoms with Crippen LogP contribution in [0.3, 0.4) is 0 Å². The van der Waals surface area contributed by atoms with Crippen molar-refractivity contribution in [2.45, 2.75) is 38.5 Å². The summed E-state index contributed by atoms with van der Waals surface area (Å²) in [4.78, 5) is 2.29. The Morgan fingerprint density at radius 2 is 2.21 bits per heavy atom. The molecule has 3 nitrogen and oxygen atoms in total. The van der Waals surface area contributed by atoms with Gasteiger partial charge in [-0.2, -0.15) is 0 Å². The summed E-state index contributed by atoms with van der Waals surface area (Å²) in [6.45, 7) is 6.31. The molecule has 2 rings (SSSR count). The molecule has 1 aliphatic heterocycles. The van der Waals surface area contributed by atoms with E-state index in [9.17, 15) is 4.39 Å². The maximum Gasteiger partial charge on any atom is 0.127 e. The third-order valence-electron chi connectivity index (χ3n) is 3.80. The first-order valence-corrected chi connectivity index (χ1v) is 6.99. The van der Waals surface area contributed by atoms with Gasteiger partial charge in [0.05, 0.1) is 12.7 Å². The van der Waals surface area contributed by atoms with Gasteiger partial charge in [-0.3, -0.25) is 4.90 Å². The van der Waals surface area contributed by atoms with Crippen LogP contribution in [0.1, 0.15) is 31.9 Å². The summed E-state index contributed by atoms with van der Waals surface area (Å²) in [5.74, 6) is -0.127. The highest BCUT2D eigenvalue weighted by molar-refractivity contribution is 5.21. The number of hydrogen-bond donors (Lipinski definition) is 1. The number of nitrogens with two attached hydrogens (primary N) is 1. The van der Waals surface area contributed by atoms with Gasteiger partial charge in [-0.25, -0.2) is 4.39 Å².